The molecular formula is C17H36N2O6. The summed E-state index contributed by atoms with van der Waals surface area (Å²) in [5.41, 5.74) is 0. The average molecular weight is 364 g/mol. The summed E-state index contributed by atoms with van der Waals surface area (Å²) in [4.78, 5) is 24.8. The second kappa shape index (κ2) is 19.1. The van der Waals surface area contributed by atoms with Gasteiger partial charge in [-0.3, -0.25) is 14.5 Å². The van der Waals surface area contributed by atoms with Crippen molar-refractivity contribution in [1.82, 2.24) is 9.80 Å². The summed E-state index contributed by atoms with van der Waals surface area (Å²) >= 11 is 0. The van der Waals surface area contributed by atoms with Crippen LogP contribution in [0.15, 0.2) is 0 Å². The molecule has 0 atom stereocenters. The first-order chi connectivity index (χ1) is 11.9. The van der Waals surface area contributed by atoms with Gasteiger partial charge < -0.3 is 25.3 Å². The molecule has 0 aromatic carbocycles. The molecule has 0 saturated heterocycles. The highest BCUT2D eigenvalue weighted by molar-refractivity contribution is 5.80. The Morgan fingerprint density at radius 2 is 1.32 bits per heavy atom. The SMILES string of the molecule is CCCCCCCC(=O)N(C)CC(=O)O.OCCN(CCO)CCO. The number of carboxylic acid groups (broad SMARTS) is 1. The van der Waals surface area contributed by atoms with Crippen molar-refractivity contribution in [3.05, 3.63) is 0 Å². The fraction of sp³-hybridized carbons (Fsp3) is 0.882. The minimum Gasteiger partial charge on any atom is -0.480 e. The summed E-state index contributed by atoms with van der Waals surface area (Å²) < 4.78 is 0. The molecule has 8 heteroatoms. The van der Waals surface area contributed by atoms with Crippen LogP contribution in [0.2, 0.25) is 0 Å². The van der Waals surface area contributed by atoms with Gasteiger partial charge in [-0.05, 0) is 6.42 Å². The van der Waals surface area contributed by atoms with E-state index in [4.69, 9.17) is 20.4 Å². The lowest BCUT2D eigenvalue weighted by atomic mass is 10.1. The summed E-state index contributed by atoms with van der Waals surface area (Å²) in [7, 11) is 1.53. The topological polar surface area (TPSA) is 122 Å². The minimum absolute atomic E-state index is 0.0694. The number of carboxylic acids is 1. The zero-order valence-corrected chi connectivity index (χ0v) is 15.7. The fourth-order valence-electron chi connectivity index (χ4n) is 2.12. The van der Waals surface area contributed by atoms with Crippen molar-refractivity contribution < 1.29 is 30.0 Å². The molecule has 0 aromatic heterocycles. The Bertz CT molecular complexity index is 314. The van der Waals surface area contributed by atoms with E-state index in [1.165, 1.54) is 24.8 Å². The summed E-state index contributed by atoms with van der Waals surface area (Å²) in [6.45, 7) is 3.70. The molecule has 0 rings (SSSR count). The van der Waals surface area contributed by atoms with Gasteiger partial charge in [0.25, 0.3) is 0 Å². The molecule has 25 heavy (non-hydrogen) atoms. The van der Waals surface area contributed by atoms with E-state index in [1.807, 2.05) is 0 Å². The van der Waals surface area contributed by atoms with E-state index in [1.54, 1.807) is 4.90 Å². The predicted molar refractivity (Wildman–Crippen MR) is 96.3 cm³/mol. The first-order valence-electron chi connectivity index (χ1n) is 8.93. The normalized spacial score (nSPS) is 10.3. The lowest BCUT2D eigenvalue weighted by Crippen LogP contribution is -2.32. The number of hydrogen-bond acceptors (Lipinski definition) is 6. The van der Waals surface area contributed by atoms with Gasteiger partial charge in [0, 0.05) is 33.1 Å². The summed E-state index contributed by atoms with van der Waals surface area (Å²) in [5.74, 6) is -1.04. The summed E-state index contributed by atoms with van der Waals surface area (Å²) in [6, 6.07) is 0. The number of hydrogen-bond donors (Lipinski definition) is 4. The van der Waals surface area contributed by atoms with Crippen LogP contribution in [0.4, 0.5) is 0 Å². The van der Waals surface area contributed by atoms with Crippen LogP contribution < -0.4 is 0 Å². The Morgan fingerprint density at radius 1 is 0.840 bits per heavy atom. The number of rotatable bonds is 14. The highest BCUT2D eigenvalue weighted by Gasteiger charge is 2.10. The van der Waals surface area contributed by atoms with Gasteiger partial charge in [0.2, 0.25) is 5.91 Å². The summed E-state index contributed by atoms with van der Waals surface area (Å²) in [5, 5.41) is 33.9. The van der Waals surface area contributed by atoms with Crippen LogP contribution in [0.1, 0.15) is 45.4 Å². The summed E-state index contributed by atoms with van der Waals surface area (Å²) in [6.07, 6.45) is 5.94. The highest BCUT2D eigenvalue weighted by Crippen LogP contribution is 2.06. The van der Waals surface area contributed by atoms with Crippen molar-refractivity contribution in [3.8, 4) is 0 Å². The van der Waals surface area contributed by atoms with E-state index < -0.39 is 5.97 Å². The molecule has 0 unspecified atom stereocenters. The predicted octanol–water partition coefficient (Wildman–Crippen LogP) is 0.155. The van der Waals surface area contributed by atoms with Crippen LogP contribution in [0.3, 0.4) is 0 Å². The molecule has 8 nitrogen and oxygen atoms in total. The molecule has 0 aliphatic carbocycles. The maximum absolute atomic E-state index is 11.4. The van der Waals surface area contributed by atoms with Crippen LogP contribution in [-0.4, -0.2) is 95.1 Å². The Hall–Kier alpha value is -1.22. The Balaban J connectivity index is 0. The monoisotopic (exact) mass is 364 g/mol. The number of carbonyl (C=O) groups excluding carboxylic acids is 1. The van der Waals surface area contributed by atoms with E-state index >= 15 is 0 Å². The second-order valence-electron chi connectivity index (χ2n) is 5.82. The van der Waals surface area contributed by atoms with Gasteiger partial charge in [-0.1, -0.05) is 32.6 Å². The van der Waals surface area contributed by atoms with Crippen molar-refractivity contribution in [2.45, 2.75) is 45.4 Å². The molecule has 0 spiro atoms. The Kier molecular flexibility index (Phi) is 19.9. The zero-order valence-electron chi connectivity index (χ0n) is 15.7. The first-order valence-corrected chi connectivity index (χ1v) is 8.93. The molecule has 4 N–H and O–H groups in total. The lowest BCUT2D eigenvalue weighted by Gasteiger charge is -2.17. The molecule has 0 saturated carbocycles. The van der Waals surface area contributed by atoms with Crippen LogP contribution in [0, 0.1) is 0 Å². The third-order valence-electron chi connectivity index (χ3n) is 3.54. The van der Waals surface area contributed by atoms with Gasteiger partial charge in [0.15, 0.2) is 0 Å². The number of amides is 1. The Labute approximate surface area is 151 Å². The van der Waals surface area contributed by atoms with Gasteiger partial charge in [-0.25, -0.2) is 0 Å². The van der Waals surface area contributed by atoms with Crippen molar-refractivity contribution >= 4 is 11.9 Å². The molecule has 0 heterocycles. The zero-order chi connectivity index (χ0) is 19.5. The van der Waals surface area contributed by atoms with E-state index in [9.17, 15) is 9.59 Å². The second-order valence-corrected chi connectivity index (χ2v) is 5.82. The van der Waals surface area contributed by atoms with E-state index in [0.717, 1.165) is 19.3 Å². The van der Waals surface area contributed by atoms with E-state index in [-0.39, 0.29) is 32.3 Å². The van der Waals surface area contributed by atoms with Crippen LogP contribution in [0.5, 0.6) is 0 Å². The number of unbranched alkanes of at least 4 members (excludes halogenated alkanes) is 4. The smallest absolute Gasteiger partial charge is 0.323 e. The fourth-order valence-corrected chi connectivity index (χ4v) is 2.12. The molecule has 0 radical (unpaired) electrons. The molecule has 0 aliphatic heterocycles. The maximum atomic E-state index is 11.4. The number of carbonyl (C=O) groups is 2. The van der Waals surface area contributed by atoms with Gasteiger partial charge in [-0.2, -0.15) is 0 Å². The van der Waals surface area contributed by atoms with Crippen LogP contribution >= 0.6 is 0 Å². The molecule has 150 valence electrons. The van der Waals surface area contributed by atoms with Crippen LogP contribution in [0.25, 0.3) is 0 Å². The molecule has 0 bridgehead atoms. The molecule has 0 aliphatic rings. The van der Waals surface area contributed by atoms with Gasteiger partial charge in [0.1, 0.15) is 6.54 Å². The first kappa shape index (κ1) is 26.0. The third kappa shape index (κ3) is 19.0. The molecule has 0 aromatic rings. The lowest BCUT2D eigenvalue weighted by molar-refractivity contribution is -0.143. The van der Waals surface area contributed by atoms with Crippen molar-refractivity contribution in [2.75, 3.05) is 53.0 Å². The largest absolute Gasteiger partial charge is 0.480 e. The van der Waals surface area contributed by atoms with E-state index in [2.05, 4.69) is 6.92 Å². The maximum Gasteiger partial charge on any atom is 0.323 e. The third-order valence-corrected chi connectivity index (χ3v) is 3.54. The number of aliphatic hydroxyl groups excluding tert-OH is 3. The number of likely N-dealkylation sites (N-methyl/N-ethyl adjacent to an activating group) is 1. The van der Waals surface area contributed by atoms with Gasteiger partial charge in [-0.15, -0.1) is 0 Å². The molecular weight excluding hydrogens is 328 g/mol. The van der Waals surface area contributed by atoms with Crippen LogP contribution in [-0.2, 0) is 9.59 Å². The standard InChI is InChI=1S/C11H21NO3.C6H15NO3/c1-3-4-5-6-7-8-10(13)12(2)9-11(14)15;8-4-1-7(2-5-9)3-6-10/h3-9H2,1-2H3,(H,14,15);8-10H,1-6H2. The highest BCUT2D eigenvalue weighted by atomic mass is 16.4. The van der Waals surface area contributed by atoms with Gasteiger partial charge in [0.05, 0.1) is 19.8 Å². The Morgan fingerprint density at radius 3 is 1.72 bits per heavy atom. The van der Waals surface area contributed by atoms with Crippen molar-refractivity contribution in [2.24, 2.45) is 0 Å². The molecule has 0 fully saturated rings. The number of nitrogens with zero attached hydrogens (tertiary/aromatic N) is 2. The quantitative estimate of drug-likeness (QED) is 0.324. The van der Waals surface area contributed by atoms with Crippen molar-refractivity contribution in [3.63, 3.8) is 0 Å². The van der Waals surface area contributed by atoms with Crippen molar-refractivity contribution in [1.29, 1.82) is 0 Å². The number of aliphatic carboxylic acids is 1. The van der Waals surface area contributed by atoms with E-state index in [0.29, 0.717) is 26.1 Å². The number of aliphatic hydroxyl groups is 3. The average Bonchev–Trinajstić information content (AvgIpc) is 2.55. The van der Waals surface area contributed by atoms with Gasteiger partial charge >= 0.3 is 5.97 Å². The minimum atomic E-state index is -0.961. The molecule has 1 amide bonds.